The molecule has 0 fully saturated rings. The van der Waals surface area contributed by atoms with Gasteiger partial charge in [0.1, 0.15) is 17.5 Å². The van der Waals surface area contributed by atoms with Crippen molar-refractivity contribution in [1.29, 1.82) is 0 Å². The van der Waals surface area contributed by atoms with Gasteiger partial charge in [0, 0.05) is 24.0 Å². The summed E-state index contributed by atoms with van der Waals surface area (Å²) in [5.41, 5.74) is 0.473. The number of H-pyrrole nitrogens is 3. The van der Waals surface area contributed by atoms with Crippen molar-refractivity contribution in [2.75, 3.05) is 9.80 Å². The van der Waals surface area contributed by atoms with Gasteiger partial charge < -0.3 is 14.3 Å². The van der Waals surface area contributed by atoms with E-state index in [9.17, 15) is 0 Å². The molecular formula is C24H17N15OS2. The van der Waals surface area contributed by atoms with Crippen molar-refractivity contribution in [2.24, 2.45) is 0 Å². The maximum atomic E-state index is 6.09. The zero-order valence-electron chi connectivity index (χ0n) is 21.2. The van der Waals surface area contributed by atoms with E-state index in [1.807, 2.05) is 46.0 Å². The molecule has 2 unspecified atom stereocenters. The first-order valence-corrected chi connectivity index (χ1v) is 14.2. The largest absolute Gasteiger partial charge is 0.465 e. The minimum absolute atomic E-state index is 0.280. The predicted octanol–water partition coefficient (Wildman–Crippen LogP) is 2.87. The molecule has 7 aromatic rings. The summed E-state index contributed by atoms with van der Waals surface area (Å²) in [5.74, 6) is 1.83. The van der Waals surface area contributed by atoms with Gasteiger partial charge in [0.2, 0.25) is 11.5 Å². The molecule has 0 saturated carbocycles. The Morgan fingerprint density at radius 3 is 2.62 bits per heavy atom. The van der Waals surface area contributed by atoms with E-state index in [2.05, 4.69) is 61.3 Å². The highest BCUT2D eigenvalue weighted by atomic mass is 32.1. The van der Waals surface area contributed by atoms with Crippen LogP contribution in [0.2, 0.25) is 0 Å². The van der Waals surface area contributed by atoms with Gasteiger partial charge in [-0.2, -0.15) is 15.5 Å². The highest BCUT2D eigenvalue weighted by Crippen LogP contribution is 2.58. The lowest BCUT2D eigenvalue weighted by Gasteiger charge is -2.55. The standard InChI is InChI=1S/C24H17N15OS2/c1-3-15(40-10-1)18-19(14-5-6-28-34-30-14)39(23-27-9-12-42-23)24(16-4-2-11-41-16,22-25-7-8-26-22)38(17-13-29-35-31-17)20(18)21-32-36-37-33-21/h1-13,19H,(H,25,26)(H,29,31,35)(H,32,33,36,37). The molecule has 0 saturated heterocycles. The van der Waals surface area contributed by atoms with E-state index < -0.39 is 11.7 Å². The van der Waals surface area contributed by atoms with Crippen molar-refractivity contribution < 1.29 is 4.42 Å². The molecule has 16 nitrogen and oxygen atoms in total. The van der Waals surface area contributed by atoms with E-state index in [1.165, 1.54) is 11.3 Å². The second-order valence-electron chi connectivity index (χ2n) is 8.86. The Hall–Kier alpha value is -5.62. The molecule has 8 rings (SSSR count). The van der Waals surface area contributed by atoms with Gasteiger partial charge in [0.15, 0.2) is 16.8 Å². The molecular weight excluding hydrogens is 579 g/mol. The van der Waals surface area contributed by atoms with E-state index in [1.54, 1.807) is 48.6 Å². The maximum absolute atomic E-state index is 6.09. The summed E-state index contributed by atoms with van der Waals surface area (Å²) in [6, 6.07) is 8.81. The first-order chi connectivity index (χ1) is 20.9. The number of nitrogens with zero attached hydrogens (tertiary/aromatic N) is 12. The maximum Gasteiger partial charge on any atom is 0.221 e. The minimum Gasteiger partial charge on any atom is -0.465 e. The molecule has 1 aliphatic heterocycles. The Morgan fingerprint density at radius 1 is 0.952 bits per heavy atom. The summed E-state index contributed by atoms with van der Waals surface area (Å²) >= 11 is 3.00. The van der Waals surface area contributed by atoms with Gasteiger partial charge in [-0.15, -0.1) is 48.2 Å². The van der Waals surface area contributed by atoms with Crippen molar-refractivity contribution >= 4 is 44.9 Å². The van der Waals surface area contributed by atoms with Crippen LogP contribution in [0, 0.1) is 0 Å². The third-order valence-electron chi connectivity index (χ3n) is 6.78. The fraction of sp³-hybridized carbons (Fsp3) is 0.0833. The van der Waals surface area contributed by atoms with E-state index in [0.717, 1.165) is 4.88 Å². The van der Waals surface area contributed by atoms with Crippen LogP contribution >= 0.6 is 22.7 Å². The number of rotatable bonds is 7. The average Bonchev–Trinajstić information content (AvgIpc) is 3.89. The number of furan rings is 1. The van der Waals surface area contributed by atoms with Crippen molar-refractivity contribution in [3.05, 3.63) is 106 Å². The third kappa shape index (κ3) is 3.52. The quantitative estimate of drug-likeness (QED) is 0.243. The zero-order valence-corrected chi connectivity index (χ0v) is 22.8. The van der Waals surface area contributed by atoms with Gasteiger partial charge in [-0.25, -0.2) is 9.97 Å². The molecule has 2 atom stereocenters. The fourth-order valence-corrected chi connectivity index (χ4v) is 6.97. The lowest BCUT2D eigenvalue weighted by molar-refractivity contribution is 0.420. The normalized spacial score (nSPS) is 19.1. The van der Waals surface area contributed by atoms with Crippen LogP contribution in [0.3, 0.4) is 0 Å². The van der Waals surface area contributed by atoms with Crippen LogP contribution in [-0.4, -0.2) is 66.4 Å². The van der Waals surface area contributed by atoms with Crippen LogP contribution in [0.25, 0.3) is 11.3 Å². The fourth-order valence-electron chi connectivity index (χ4n) is 5.34. The Kier molecular flexibility index (Phi) is 5.64. The van der Waals surface area contributed by atoms with Gasteiger partial charge in [-0.1, -0.05) is 6.07 Å². The van der Waals surface area contributed by atoms with E-state index in [-0.39, 0.29) is 5.82 Å². The van der Waals surface area contributed by atoms with Crippen molar-refractivity contribution in [3.63, 3.8) is 0 Å². The number of hydrogen-bond acceptors (Lipinski definition) is 15. The third-order valence-corrected chi connectivity index (χ3v) is 8.52. The molecule has 0 aromatic carbocycles. The molecule has 0 aliphatic carbocycles. The van der Waals surface area contributed by atoms with Crippen molar-refractivity contribution in [2.45, 2.75) is 11.7 Å². The van der Waals surface area contributed by atoms with Crippen LogP contribution in [0.15, 0.2) is 82.8 Å². The van der Waals surface area contributed by atoms with E-state index in [0.29, 0.717) is 39.5 Å². The second-order valence-corrected chi connectivity index (χ2v) is 10.7. The van der Waals surface area contributed by atoms with Crippen LogP contribution in [-0.2, 0) is 5.66 Å². The van der Waals surface area contributed by atoms with Gasteiger partial charge in [0.25, 0.3) is 0 Å². The van der Waals surface area contributed by atoms with Gasteiger partial charge in [-0.05, 0) is 40.1 Å². The number of aromatic nitrogens is 13. The summed E-state index contributed by atoms with van der Waals surface area (Å²) in [6.07, 6.45) is 10.0. The smallest absolute Gasteiger partial charge is 0.221 e. The molecule has 1 aliphatic rings. The molecule has 0 radical (unpaired) electrons. The number of aromatic amines is 3. The highest BCUT2D eigenvalue weighted by molar-refractivity contribution is 7.13. The Balaban J connectivity index is 1.62. The first kappa shape index (κ1) is 24.2. The van der Waals surface area contributed by atoms with Crippen LogP contribution in [0.5, 0.6) is 0 Å². The van der Waals surface area contributed by atoms with Crippen LogP contribution in [0.1, 0.15) is 34.0 Å². The highest BCUT2D eigenvalue weighted by Gasteiger charge is 2.60. The molecule has 0 bridgehead atoms. The average molecular weight is 596 g/mol. The molecule has 0 spiro atoms. The first-order valence-electron chi connectivity index (χ1n) is 12.4. The lowest BCUT2D eigenvalue weighted by atomic mass is 9.86. The van der Waals surface area contributed by atoms with Gasteiger partial charge in [-0.3, -0.25) is 4.90 Å². The Labute approximate surface area is 243 Å². The Morgan fingerprint density at radius 2 is 1.95 bits per heavy atom. The number of anilines is 2. The minimum atomic E-state index is -1.27. The van der Waals surface area contributed by atoms with Crippen LogP contribution < -0.4 is 9.80 Å². The summed E-state index contributed by atoms with van der Waals surface area (Å²) in [4.78, 5) is 18.0. The van der Waals surface area contributed by atoms with Crippen LogP contribution in [0.4, 0.5) is 10.9 Å². The summed E-state index contributed by atoms with van der Waals surface area (Å²) in [5, 5.41) is 44.0. The number of imidazole rings is 1. The molecule has 0 amide bonds. The lowest BCUT2D eigenvalue weighted by Crippen LogP contribution is -2.63. The molecule has 18 heteroatoms. The summed E-state index contributed by atoms with van der Waals surface area (Å²) in [7, 11) is 0. The Bertz CT molecular complexity index is 1850. The summed E-state index contributed by atoms with van der Waals surface area (Å²) < 4.78 is 6.09. The van der Waals surface area contributed by atoms with Crippen molar-refractivity contribution in [1.82, 2.24) is 66.4 Å². The summed E-state index contributed by atoms with van der Waals surface area (Å²) in [6.45, 7) is 0. The zero-order chi connectivity index (χ0) is 27.9. The van der Waals surface area contributed by atoms with Gasteiger partial charge >= 0.3 is 0 Å². The monoisotopic (exact) mass is 595 g/mol. The number of tetrazole rings is 1. The number of thiazole rings is 1. The topological polar surface area (TPSA) is 196 Å². The van der Waals surface area contributed by atoms with E-state index in [4.69, 9.17) is 14.4 Å². The number of nitrogens with one attached hydrogen (secondary N) is 3. The SMILES string of the molecule is c1coc(C2=C(c3nn[nH]n3)N(c3cn[nH]n3)C(c3ncc[nH]3)(c3cccs3)N(c3nccs3)C2c2ccnnn2)c1. The predicted molar refractivity (Wildman–Crippen MR) is 149 cm³/mol. The number of hydrogen-bond donors (Lipinski definition) is 3. The van der Waals surface area contributed by atoms with E-state index >= 15 is 0 Å². The number of thiophene rings is 1. The molecule has 42 heavy (non-hydrogen) atoms. The van der Waals surface area contributed by atoms with Gasteiger partial charge in [0.05, 0.1) is 34.8 Å². The molecule has 206 valence electrons. The van der Waals surface area contributed by atoms with Crippen molar-refractivity contribution in [3.8, 4) is 0 Å². The second kappa shape index (κ2) is 9.78. The molecule has 8 heterocycles. The molecule has 7 aromatic heterocycles. The molecule has 3 N–H and O–H groups in total.